The molecule has 0 aromatic heterocycles. The first-order chi connectivity index (χ1) is 11.9. The Morgan fingerprint density at radius 3 is 2.32 bits per heavy atom. The smallest absolute Gasteiger partial charge is 0.338 e. The van der Waals surface area contributed by atoms with Crippen LogP contribution in [0.25, 0.3) is 0 Å². The van der Waals surface area contributed by atoms with E-state index in [4.69, 9.17) is 4.74 Å². The van der Waals surface area contributed by atoms with Crippen LogP contribution in [0.3, 0.4) is 0 Å². The van der Waals surface area contributed by atoms with Gasteiger partial charge in [0.05, 0.1) is 30.8 Å². The minimum atomic E-state index is -1.03. The van der Waals surface area contributed by atoms with Crippen LogP contribution in [0.4, 0.5) is 10.1 Å². The Bertz CT molecular complexity index is 832. The van der Waals surface area contributed by atoms with Gasteiger partial charge in [0.15, 0.2) is 5.78 Å². The lowest BCUT2D eigenvalue weighted by Crippen LogP contribution is -2.15. The Balaban J connectivity index is 2.48. The maximum atomic E-state index is 13.6. The highest BCUT2D eigenvalue weighted by Gasteiger charge is 2.29. The predicted octanol–water partition coefficient (Wildman–Crippen LogP) is 2.95. The zero-order valence-electron chi connectivity index (χ0n) is 13.4. The molecule has 0 saturated heterocycles. The van der Waals surface area contributed by atoms with Crippen molar-refractivity contribution in [3.63, 3.8) is 0 Å². The first kappa shape index (κ1) is 18.1. The molecule has 2 aromatic carbocycles. The largest absolute Gasteiger partial charge is 0.497 e. The van der Waals surface area contributed by atoms with Gasteiger partial charge in [-0.2, -0.15) is 0 Å². The fourth-order valence-electron chi connectivity index (χ4n) is 2.32. The number of halogens is 1. The summed E-state index contributed by atoms with van der Waals surface area (Å²) in [5.74, 6) is -2.15. The molecular formula is C17H14FNO6. The lowest BCUT2D eigenvalue weighted by molar-refractivity contribution is -0.385. The molecule has 0 saturated carbocycles. The van der Waals surface area contributed by atoms with Gasteiger partial charge in [-0.15, -0.1) is 0 Å². The molecule has 0 atom stereocenters. The number of nitrogens with zero attached hydrogens (tertiary/aromatic N) is 1. The Hall–Kier alpha value is -3.29. The Morgan fingerprint density at radius 1 is 1.16 bits per heavy atom. The van der Waals surface area contributed by atoms with Crippen molar-refractivity contribution in [2.45, 2.75) is 6.42 Å². The van der Waals surface area contributed by atoms with Gasteiger partial charge in [0.25, 0.3) is 5.69 Å². The van der Waals surface area contributed by atoms with Gasteiger partial charge in [-0.05, 0) is 23.8 Å². The highest BCUT2D eigenvalue weighted by atomic mass is 19.1. The van der Waals surface area contributed by atoms with E-state index in [1.807, 2.05) is 0 Å². The number of rotatable bonds is 6. The number of carbonyl (C=O) groups is 2. The SMILES string of the molecule is COC(=O)c1cc(F)cc([N+](=O)[O-])c1C(=O)Cc1ccc(OC)cc1. The summed E-state index contributed by atoms with van der Waals surface area (Å²) in [5, 5.41) is 11.2. The first-order valence-electron chi connectivity index (χ1n) is 7.09. The van der Waals surface area contributed by atoms with E-state index in [2.05, 4.69) is 4.74 Å². The Labute approximate surface area is 142 Å². The summed E-state index contributed by atoms with van der Waals surface area (Å²) in [7, 11) is 2.53. The summed E-state index contributed by atoms with van der Waals surface area (Å²) in [5.41, 5.74) is -1.18. The van der Waals surface area contributed by atoms with Crippen LogP contribution in [0.2, 0.25) is 0 Å². The molecule has 0 bridgehead atoms. The van der Waals surface area contributed by atoms with Crippen LogP contribution in [0.1, 0.15) is 26.3 Å². The number of methoxy groups -OCH3 is 2. The molecule has 0 unspecified atom stereocenters. The number of nitro groups is 1. The van der Waals surface area contributed by atoms with Crippen molar-refractivity contribution in [3.05, 3.63) is 69.0 Å². The normalized spacial score (nSPS) is 10.2. The quantitative estimate of drug-likeness (QED) is 0.345. The lowest BCUT2D eigenvalue weighted by Gasteiger charge is -2.09. The van der Waals surface area contributed by atoms with Crippen LogP contribution in [-0.4, -0.2) is 30.9 Å². The second-order valence-electron chi connectivity index (χ2n) is 5.04. The molecule has 7 nitrogen and oxygen atoms in total. The molecular weight excluding hydrogens is 333 g/mol. The number of carbonyl (C=O) groups excluding carboxylic acids is 2. The summed E-state index contributed by atoms with van der Waals surface area (Å²) in [4.78, 5) is 34.7. The van der Waals surface area contributed by atoms with E-state index >= 15 is 0 Å². The van der Waals surface area contributed by atoms with Crippen molar-refractivity contribution >= 4 is 17.4 Å². The molecule has 2 aromatic rings. The summed E-state index contributed by atoms with van der Waals surface area (Å²) >= 11 is 0. The second-order valence-corrected chi connectivity index (χ2v) is 5.04. The van der Waals surface area contributed by atoms with E-state index in [-0.39, 0.29) is 6.42 Å². The van der Waals surface area contributed by atoms with Gasteiger partial charge < -0.3 is 9.47 Å². The van der Waals surface area contributed by atoms with Gasteiger partial charge in [0, 0.05) is 6.42 Å². The minimum absolute atomic E-state index is 0.208. The molecule has 130 valence electrons. The maximum Gasteiger partial charge on any atom is 0.338 e. The van der Waals surface area contributed by atoms with Gasteiger partial charge in [0.2, 0.25) is 0 Å². The third-order valence-electron chi connectivity index (χ3n) is 3.49. The second kappa shape index (κ2) is 7.52. The third-order valence-corrected chi connectivity index (χ3v) is 3.49. The standard InChI is InChI=1S/C17H14FNO6/c1-24-12-5-3-10(4-6-12)7-15(20)16-13(17(21)25-2)8-11(18)9-14(16)19(22)23/h3-6,8-9H,7H2,1-2H3. The molecule has 0 fully saturated rings. The van der Waals surface area contributed by atoms with Crippen LogP contribution >= 0.6 is 0 Å². The van der Waals surface area contributed by atoms with Crippen LogP contribution < -0.4 is 4.74 Å². The molecule has 0 amide bonds. The van der Waals surface area contributed by atoms with Crippen molar-refractivity contribution in [2.24, 2.45) is 0 Å². The van der Waals surface area contributed by atoms with E-state index in [1.165, 1.54) is 7.11 Å². The van der Waals surface area contributed by atoms with Gasteiger partial charge in [-0.25, -0.2) is 9.18 Å². The number of benzene rings is 2. The van der Waals surface area contributed by atoms with Crippen molar-refractivity contribution in [1.82, 2.24) is 0 Å². The lowest BCUT2D eigenvalue weighted by atomic mass is 9.96. The molecule has 2 rings (SSSR count). The molecule has 0 N–H and O–H groups in total. The average Bonchev–Trinajstić information content (AvgIpc) is 2.60. The number of hydrogen-bond donors (Lipinski definition) is 0. The van der Waals surface area contributed by atoms with E-state index in [1.54, 1.807) is 24.3 Å². The predicted molar refractivity (Wildman–Crippen MR) is 85.4 cm³/mol. The van der Waals surface area contributed by atoms with Crippen molar-refractivity contribution < 1.29 is 28.4 Å². The molecule has 8 heteroatoms. The zero-order chi connectivity index (χ0) is 18.6. The van der Waals surface area contributed by atoms with Crippen LogP contribution in [-0.2, 0) is 11.2 Å². The molecule has 0 radical (unpaired) electrons. The number of esters is 1. The van der Waals surface area contributed by atoms with Crippen LogP contribution in [0, 0.1) is 15.9 Å². The maximum absolute atomic E-state index is 13.6. The zero-order valence-corrected chi connectivity index (χ0v) is 13.4. The Kier molecular flexibility index (Phi) is 5.43. The monoisotopic (exact) mass is 347 g/mol. The third kappa shape index (κ3) is 3.97. The minimum Gasteiger partial charge on any atom is -0.497 e. The molecule has 0 aliphatic rings. The number of nitro benzene ring substituents is 1. The van der Waals surface area contributed by atoms with Crippen LogP contribution in [0.15, 0.2) is 36.4 Å². The van der Waals surface area contributed by atoms with E-state index in [0.29, 0.717) is 17.4 Å². The van der Waals surface area contributed by atoms with Gasteiger partial charge in [0.1, 0.15) is 17.1 Å². The van der Waals surface area contributed by atoms with E-state index < -0.39 is 39.3 Å². The van der Waals surface area contributed by atoms with Crippen molar-refractivity contribution in [3.8, 4) is 5.75 Å². The molecule has 0 heterocycles. The fourth-order valence-corrected chi connectivity index (χ4v) is 2.32. The number of Topliss-reactive ketones (excluding diaryl/α,β-unsaturated/α-hetero) is 1. The fraction of sp³-hybridized carbons (Fsp3) is 0.176. The van der Waals surface area contributed by atoms with Crippen molar-refractivity contribution in [1.29, 1.82) is 0 Å². The summed E-state index contributed by atoms with van der Waals surface area (Å²) in [6.45, 7) is 0. The highest BCUT2D eigenvalue weighted by Crippen LogP contribution is 2.27. The number of ether oxygens (including phenoxy) is 2. The number of hydrogen-bond acceptors (Lipinski definition) is 6. The van der Waals surface area contributed by atoms with E-state index in [9.17, 15) is 24.1 Å². The van der Waals surface area contributed by atoms with Gasteiger partial charge >= 0.3 is 5.97 Å². The topological polar surface area (TPSA) is 95.7 Å². The van der Waals surface area contributed by atoms with Gasteiger partial charge in [-0.3, -0.25) is 14.9 Å². The summed E-state index contributed by atoms with van der Waals surface area (Å²) < 4.78 is 23.1. The highest BCUT2D eigenvalue weighted by molar-refractivity contribution is 6.09. The van der Waals surface area contributed by atoms with Gasteiger partial charge in [-0.1, -0.05) is 12.1 Å². The molecule has 0 aliphatic heterocycles. The molecule has 0 spiro atoms. The number of ketones is 1. The first-order valence-corrected chi connectivity index (χ1v) is 7.09. The van der Waals surface area contributed by atoms with E-state index in [0.717, 1.165) is 13.2 Å². The summed E-state index contributed by atoms with van der Waals surface area (Å²) in [6, 6.07) is 7.84. The van der Waals surface area contributed by atoms with Crippen LogP contribution in [0.5, 0.6) is 5.75 Å². The molecule has 25 heavy (non-hydrogen) atoms. The Morgan fingerprint density at radius 2 is 1.80 bits per heavy atom. The average molecular weight is 347 g/mol. The molecule has 0 aliphatic carbocycles. The summed E-state index contributed by atoms with van der Waals surface area (Å²) in [6.07, 6.45) is -0.208. The van der Waals surface area contributed by atoms with Crippen molar-refractivity contribution in [2.75, 3.05) is 14.2 Å².